The third-order valence-corrected chi connectivity index (χ3v) is 5.00. The van der Waals surface area contributed by atoms with E-state index < -0.39 is 0 Å². The molecule has 136 valence electrons. The number of hydrogen-bond donors (Lipinski definition) is 1. The second-order valence-electron chi connectivity index (χ2n) is 7.70. The first-order valence-corrected chi connectivity index (χ1v) is 9.34. The van der Waals surface area contributed by atoms with Crippen molar-refractivity contribution in [1.29, 1.82) is 0 Å². The van der Waals surface area contributed by atoms with Crippen LogP contribution in [0.5, 0.6) is 0 Å². The zero-order chi connectivity index (χ0) is 18.9. The van der Waals surface area contributed by atoms with Crippen LogP contribution in [-0.2, 0) is 4.79 Å². The Morgan fingerprint density at radius 2 is 1.37 bits per heavy atom. The molecule has 4 rings (SSSR count). The predicted molar refractivity (Wildman–Crippen MR) is 111 cm³/mol. The topological polar surface area (TPSA) is 32.3 Å². The van der Waals surface area contributed by atoms with Crippen LogP contribution in [0.25, 0.3) is 0 Å². The molecule has 3 heteroatoms. The van der Waals surface area contributed by atoms with Crippen molar-refractivity contribution in [2.24, 2.45) is 0 Å². The van der Waals surface area contributed by atoms with Gasteiger partial charge in [-0.05, 0) is 37.1 Å². The van der Waals surface area contributed by atoms with Gasteiger partial charge in [-0.3, -0.25) is 4.79 Å². The van der Waals surface area contributed by atoms with Crippen molar-refractivity contribution >= 4 is 17.3 Å². The van der Waals surface area contributed by atoms with E-state index in [1.54, 1.807) is 0 Å². The molecule has 1 aliphatic heterocycles. The molecule has 0 saturated heterocycles. The molecule has 1 heterocycles. The molecular weight excluding hydrogens is 332 g/mol. The van der Waals surface area contributed by atoms with Gasteiger partial charge in [-0.2, -0.15) is 0 Å². The summed E-state index contributed by atoms with van der Waals surface area (Å²) in [5.74, 6) is -0.219. The van der Waals surface area contributed by atoms with Gasteiger partial charge in [0.25, 0.3) is 0 Å². The van der Waals surface area contributed by atoms with Crippen molar-refractivity contribution in [2.45, 2.75) is 25.3 Å². The zero-order valence-corrected chi connectivity index (χ0v) is 15.7. The summed E-state index contributed by atoms with van der Waals surface area (Å²) >= 11 is 0. The molecule has 0 aliphatic carbocycles. The lowest BCUT2D eigenvalue weighted by Crippen LogP contribution is -2.52. The van der Waals surface area contributed by atoms with Crippen LogP contribution in [-0.4, -0.2) is 18.0 Å². The highest BCUT2D eigenvalue weighted by atomic mass is 16.2. The maximum absolute atomic E-state index is 13.8. The van der Waals surface area contributed by atoms with E-state index in [0.717, 1.165) is 22.5 Å². The Balaban J connectivity index is 1.81. The van der Waals surface area contributed by atoms with Crippen molar-refractivity contribution in [2.75, 3.05) is 16.8 Å². The Morgan fingerprint density at radius 3 is 1.96 bits per heavy atom. The number of carbonyl (C=O) groups is 1. The van der Waals surface area contributed by atoms with Crippen LogP contribution in [0, 0.1) is 0 Å². The van der Waals surface area contributed by atoms with Crippen LogP contribution < -0.4 is 10.2 Å². The number of carbonyl (C=O) groups excluding carboxylic acids is 1. The Bertz CT molecular complexity index is 895. The molecule has 1 amide bonds. The minimum Gasteiger partial charge on any atom is -0.377 e. The molecule has 3 nitrogen and oxygen atoms in total. The molecule has 0 saturated carbocycles. The van der Waals surface area contributed by atoms with E-state index in [2.05, 4.69) is 19.2 Å². The lowest BCUT2D eigenvalue weighted by molar-refractivity contribution is -0.119. The Hall–Kier alpha value is -3.07. The number of rotatable bonds is 3. The Kier molecular flexibility index (Phi) is 4.44. The summed E-state index contributed by atoms with van der Waals surface area (Å²) in [5.41, 5.74) is 3.78. The SMILES string of the molecule is CC1(C)CN(C(=O)C(c2ccccc2)c2ccccc2)c2ccccc2N1. The van der Waals surface area contributed by atoms with E-state index in [0.29, 0.717) is 6.54 Å². The quantitative estimate of drug-likeness (QED) is 0.712. The second-order valence-corrected chi connectivity index (χ2v) is 7.70. The highest BCUT2D eigenvalue weighted by molar-refractivity contribution is 6.03. The minimum atomic E-state index is -0.325. The van der Waals surface area contributed by atoms with Crippen LogP contribution in [0.4, 0.5) is 11.4 Å². The number of hydrogen-bond acceptors (Lipinski definition) is 2. The minimum absolute atomic E-state index is 0.106. The summed E-state index contributed by atoms with van der Waals surface area (Å²) in [4.78, 5) is 15.8. The summed E-state index contributed by atoms with van der Waals surface area (Å²) in [6, 6.07) is 28.1. The van der Waals surface area contributed by atoms with E-state index >= 15 is 0 Å². The van der Waals surface area contributed by atoms with E-state index in [-0.39, 0.29) is 17.4 Å². The lowest BCUT2D eigenvalue weighted by atomic mass is 9.88. The van der Waals surface area contributed by atoms with Crippen molar-refractivity contribution in [3.05, 3.63) is 96.1 Å². The maximum Gasteiger partial charge on any atom is 0.239 e. The molecule has 0 bridgehead atoms. The molecule has 27 heavy (non-hydrogen) atoms. The molecule has 0 spiro atoms. The number of fused-ring (bicyclic) bond motifs is 1. The zero-order valence-electron chi connectivity index (χ0n) is 15.7. The number of benzene rings is 3. The van der Waals surface area contributed by atoms with Gasteiger partial charge in [0, 0.05) is 12.1 Å². The highest BCUT2D eigenvalue weighted by Gasteiger charge is 2.36. The van der Waals surface area contributed by atoms with Crippen LogP contribution in [0.15, 0.2) is 84.9 Å². The molecule has 0 fully saturated rings. The largest absolute Gasteiger partial charge is 0.377 e. The molecule has 0 aromatic heterocycles. The monoisotopic (exact) mass is 356 g/mol. The van der Waals surface area contributed by atoms with E-state index in [4.69, 9.17) is 0 Å². The summed E-state index contributed by atoms with van der Waals surface area (Å²) < 4.78 is 0. The van der Waals surface area contributed by atoms with Gasteiger partial charge in [-0.25, -0.2) is 0 Å². The molecule has 3 aromatic rings. The van der Waals surface area contributed by atoms with Crippen molar-refractivity contribution in [1.82, 2.24) is 0 Å². The first-order valence-electron chi connectivity index (χ1n) is 9.34. The molecule has 0 atom stereocenters. The van der Waals surface area contributed by atoms with E-state index in [9.17, 15) is 4.79 Å². The normalized spacial score (nSPS) is 15.1. The lowest BCUT2D eigenvalue weighted by Gasteiger charge is -2.42. The van der Waals surface area contributed by atoms with Crippen LogP contribution >= 0.6 is 0 Å². The average molecular weight is 356 g/mol. The van der Waals surface area contributed by atoms with Crippen molar-refractivity contribution in [3.8, 4) is 0 Å². The van der Waals surface area contributed by atoms with Gasteiger partial charge in [0.2, 0.25) is 5.91 Å². The summed E-state index contributed by atoms with van der Waals surface area (Å²) in [6.07, 6.45) is 0. The predicted octanol–water partition coefficient (Wildman–Crippen LogP) is 5.06. The standard InChI is InChI=1S/C24H24N2O/c1-24(2)17-26(21-16-10-9-15-20(21)25-24)23(27)22(18-11-5-3-6-12-18)19-13-7-4-8-14-19/h3-16,22,25H,17H2,1-2H3. The van der Waals surface area contributed by atoms with Gasteiger partial charge in [0.1, 0.15) is 0 Å². The van der Waals surface area contributed by atoms with Crippen LogP contribution in [0.3, 0.4) is 0 Å². The van der Waals surface area contributed by atoms with Gasteiger partial charge in [-0.15, -0.1) is 0 Å². The van der Waals surface area contributed by atoms with E-state index in [1.165, 1.54) is 0 Å². The fourth-order valence-corrected chi connectivity index (χ4v) is 3.82. The van der Waals surface area contributed by atoms with Gasteiger partial charge < -0.3 is 10.2 Å². The second kappa shape index (κ2) is 6.92. The number of nitrogens with zero attached hydrogens (tertiary/aromatic N) is 1. The number of nitrogens with one attached hydrogen (secondary N) is 1. The third kappa shape index (κ3) is 3.45. The molecule has 1 N–H and O–H groups in total. The molecule has 0 radical (unpaired) electrons. The summed E-state index contributed by atoms with van der Waals surface area (Å²) in [6.45, 7) is 4.88. The molecule has 3 aromatic carbocycles. The van der Waals surface area contributed by atoms with E-state index in [1.807, 2.05) is 89.8 Å². The average Bonchev–Trinajstić information content (AvgIpc) is 2.68. The number of amides is 1. The summed E-state index contributed by atoms with van der Waals surface area (Å²) in [5, 5.41) is 3.55. The van der Waals surface area contributed by atoms with Gasteiger partial charge >= 0.3 is 0 Å². The smallest absolute Gasteiger partial charge is 0.239 e. The third-order valence-electron chi connectivity index (χ3n) is 5.00. The van der Waals surface area contributed by atoms with Crippen molar-refractivity contribution < 1.29 is 4.79 Å². The van der Waals surface area contributed by atoms with Crippen LogP contribution in [0.1, 0.15) is 30.9 Å². The summed E-state index contributed by atoms with van der Waals surface area (Å²) in [7, 11) is 0. The molecule has 0 unspecified atom stereocenters. The fraction of sp³-hybridized carbons (Fsp3) is 0.208. The Morgan fingerprint density at radius 1 is 0.852 bits per heavy atom. The Labute approximate surface area is 160 Å². The molecular formula is C24H24N2O. The maximum atomic E-state index is 13.8. The number of anilines is 2. The highest BCUT2D eigenvalue weighted by Crippen LogP contribution is 2.37. The fourth-order valence-electron chi connectivity index (χ4n) is 3.82. The molecule has 1 aliphatic rings. The first kappa shape index (κ1) is 17.3. The van der Waals surface area contributed by atoms with Crippen LogP contribution in [0.2, 0.25) is 0 Å². The van der Waals surface area contributed by atoms with Gasteiger partial charge in [0.05, 0.1) is 17.3 Å². The van der Waals surface area contributed by atoms with Gasteiger partial charge in [0.15, 0.2) is 0 Å². The first-order chi connectivity index (χ1) is 13.1. The van der Waals surface area contributed by atoms with Gasteiger partial charge in [-0.1, -0.05) is 72.8 Å². The number of para-hydroxylation sites is 2. The van der Waals surface area contributed by atoms with Crippen molar-refractivity contribution in [3.63, 3.8) is 0 Å².